The second-order valence-electron chi connectivity index (χ2n) is 9.06. The summed E-state index contributed by atoms with van der Waals surface area (Å²) in [6.07, 6.45) is 7.20. The van der Waals surface area contributed by atoms with Gasteiger partial charge in [0.25, 0.3) is 0 Å². The SMILES string of the molecule is Cc1nn(C)cc1CNC(=O)OC1CCc2c(sc(CC(=O)CC(C)c3cccnc3)c2C#N)C1. The van der Waals surface area contributed by atoms with E-state index in [9.17, 15) is 14.9 Å². The molecule has 3 heterocycles. The number of Topliss-reactive ketones (excluding diaryl/α,β-unsaturated/α-hetero) is 1. The van der Waals surface area contributed by atoms with Gasteiger partial charge >= 0.3 is 6.09 Å². The number of carbonyl (C=O) groups is 2. The average molecular weight is 492 g/mol. The van der Waals surface area contributed by atoms with Crippen molar-refractivity contribution in [1.29, 1.82) is 5.26 Å². The molecule has 0 aliphatic heterocycles. The summed E-state index contributed by atoms with van der Waals surface area (Å²) in [6, 6.07) is 6.16. The van der Waals surface area contributed by atoms with Gasteiger partial charge in [-0.05, 0) is 42.9 Å². The molecule has 3 aromatic rings. The van der Waals surface area contributed by atoms with Gasteiger partial charge in [0.05, 0.1) is 11.3 Å². The van der Waals surface area contributed by atoms with Crippen molar-refractivity contribution in [1.82, 2.24) is 20.1 Å². The molecule has 4 rings (SSSR count). The van der Waals surface area contributed by atoms with Crippen molar-refractivity contribution < 1.29 is 14.3 Å². The lowest BCUT2D eigenvalue weighted by atomic mass is 9.91. The number of aromatic nitrogens is 3. The third kappa shape index (κ3) is 5.95. The maximum atomic E-state index is 12.8. The molecule has 35 heavy (non-hydrogen) atoms. The minimum atomic E-state index is -0.460. The van der Waals surface area contributed by atoms with Crippen LogP contribution in [0.1, 0.15) is 63.4 Å². The molecule has 2 unspecified atom stereocenters. The molecule has 182 valence electrons. The smallest absolute Gasteiger partial charge is 0.407 e. The summed E-state index contributed by atoms with van der Waals surface area (Å²) in [5.74, 6) is 0.178. The zero-order chi connectivity index (χ0) is 24.9. The van der Waals surface area contributed by atoms with E-state index in [0.717, 1.165) is 32.1 Å². The molecule has 9 heteroatoms. The molecule has 0 spiro atoms. The second-order valence-corrected chi connectivity index (χ2v) is 10.2. The zero-order valence-corrected chi connectivity index (χ0v) is 21.0. The van der Waals surface area contributed by atoms with Crippen molar-refractivity contribution in [2.75, 3.05) is 0 Å². The summed E-state index contributed by atoms with van der Waals surface area (Å²) in [5.41, 5.74) is 4.48. The minimum Gasteiger partial charge on any atom is -0.446 e. The number of carbonyl (C=O) groups excluding carboxylic acids is 2. The monoisotopic (exact) mass is 491 g/mol. The quantitative estimate of drug-likeness (QED) is 0.507. The largest absolute Gasteiger partial charge is 0.446 e. The van der Waals surface area contributed by atoms with E-state index in [-0.39, 0.29) is 24.2 Å². The Hall–Kier alpha value is -3.51. The van der Waals surface area contributed by atoms with E-state index < -0.39 is 6.09 Å². The molecule has 1 N–H and O–H groups in total. The number of ether oxygens (including phenoxy) is 1. The van der Waals surface area contributed by atoms with Crippen molar-refractivity contribution in [2.45, 2.75) is 64.5 Å². The van der Waals surface area contributed by atoms with Crippen LogP contribution >= 0.6 is 11.3 Å². The Morgan fingerprint density at radius 2 is 2.26 bits per heavy atom. The van der Waals surface area contributed by atoms with Crippen LogP contribution in [0.5, 0.6) is 0 Å². The van der Waals surface area contributed by atoms with Crippen LogP contribution < -0.4 is 5.32 Å². The maximum absolute atomic E-state index is 12.8. The van der Waals surface area contributed by atoms with Gasteiger partial charge in [0.2, 0.25) is 0 Å². The van der Waals surface area contributed by atoms with Gasteiger partial charge in [-0.1, -0.05) is 13.0 Å². The van der Waals surface area contributed by atoms with Crippen molar-refractivity contribution >= 4 is 23.2 Å². The first-order chi connectivity index (χ1) is 16.8. The number of alkyl carbamates (subject to hydrolysis) is 1. The van der Waals surface area contributed by atoms with Crippen molar-refractivity contribution in [3.63, 3.8) is 0 Å². The van der Waals surface area contributed by atoms with Gasteiger partial charge in [-0.3, -0.25) is 14.5 Å². The number of hydrogen-bond donors (Lipinski definition) is 1. The van der Waals surface area contributed by atoms with E-state index in [0.29, 0.717) is 37.8 Å². The molecule has 0 fully saturated rings. The summed E-state index contributed by atoms with van der Waals surface area (Å²) in [4.78, 5) is 31.1. The standard InChI is InChI=1S/C26H29N5O3S/c1-16(18-5-4-8-28-13-18)9-20(32)10-24-23(12-27)22-7-6-21(11-25(22)35-24)34-26(33)29-14-19-15-31(3)30-17(19)2/h4-5,8,13,15-16,21H,6-7,9-11,14H2,1-3H3,(H,29,33). The molecule has 0 saturated heterocycles. The molecule has 0 aromatic carbocycles. The zero-order valence-electron chi connectivity index (χ0n) is 20.2. The summed E-state index contributed by atoms with van der Waals surface area (Å²) in [5, 5.41) is 16.9. The highest BCUT2D eigenvalue weighted by Gasteiger charge is 2.28. The number of rotatable bonds is 8. The molecular weight excluding hydrogens is 462 g/mol. The summed E-state index contributed by atoms with van der Waals surface area (Å²) in [6.45, 7) is 4.27. The van der Waals surface area contributed by atoms with Gasteiger partial charge in [-0.2, -0.15) is 10.4 Å². The van der Waals surface area contributed by atoms with Crippen molar-refractivity contribution in [3.8, 4) is 6.07 Å². The van der Waals surface area contributed by atoms with E-state index in [4.69, 9.17) is 4.74 Å². The van der Waals surface area contributed by atoms with Gasteiger partial charge in [-0.15, -0.1) is 11.3 Å². The lowest BCUT2D eigenvalue weighted by Gasteiger charge is -2.22. The Morgan fingerprint density at radius 1 is 1.43 bits per heavy atom. The first-order valence-corrected chi connectivity index (χ1v) is 12.5. The summed E-state index contributed by atoms with van der Waals surface area (Å²) in [7, 11) is 1.84. The van der Waals surface area contributed by atoms with E-state index in [1.54, 1.807) is 17.1 Å². The first kappa shape index (κ1) is 24.6. The van der Waals surface area contributed by atoms with Gasteiger partial charge in [0, 0.05) is 66.8 Å². The fourth-order valence-corrected chi connectivity index (χ4v) is 5.93. The predicted octanol–water partition coefficient (Wildman–Crippen LogP) is 4.15. The number of fused-ring (bicyclic) bond motifs is 1. The number of nitrogens with one attached hydrogen (secondary N) is 1. The molecule has 1 amide bonds. The first-order valence-electron chi connectivity index (χ1n) is 11.7. The molecule has 0 saturated carbocycles. The van der Waals surface area contributed by atoms with Crippen LogP contribution in [0, 0.1) is 18.3 Å². The van der Waals surface area contributed by atoms with Crippen LogP contribution in [0.4, 0.5) is 4.79 Å². The van der Waals surface area contributed by atoms with Crippen LogP contribution in [0.25, 0.3) is 0 Å². The number of ketones is 1. The van der Waals surface area contributed by atoms with E-state index in [1.165, 1.54) is 11.3 Å². The Bertz CT molecular complexity index is 1260. The van der Waals surface area contributed by atoms with E-state index >= 15 is 0 Å². The summed E-state index contributed by atoms with van der Waals surface area (Å²) < 4.78 is 7.37. The summed E-state index contributed by atoms with van der Waals surface area (Å²) >= 11 is 1.51. The molecule has 3 aromatic heterocycles. The fourth-order valence-electron chi connectivity index (χ4n) is 4.53. The molecular formula is C26H29N5O3S. The third-order valence-corrected chi connectivity index (χ3v) is 7.62. The van der Waals surface area contributed by atoms with Crippen molar-refractivity contribution in [3.05, 3.63) is 68.4 Å². The number of amides is 1. The maximum Gasteiger partial charge on any atom is 0.407 e. The highest BCUT2D eigenvalue weighted by molar-refractivity contribution is 7.12. The lowest BCUT2D eigenvalue weighted by Crippen LogP contribution is -2.31. The van der Waals surface area contributed by atoms with Gasteiger partial charge in [0.15, 0.2) is 0 Å². The van der Waals surface area contributed by atoms with Crippen LogP contribution in [0.2, 0.25) is 0 Å². The molecule has 2 atom stereocenters. The Balaban J connectivity index is 1.34. The van der Waals surface area contributed by atoms with Crippen LogP contribution in [-0.4, -0.2) is 32.7 Å². The van der Waals surface area contributed by atoms with Crippen LogP contribution in [-0.2, 0) is 42.4 Å². The van der Waals surface area contributed by atoms with Crippen LogP contribution in [0.3, 0.4) is 0 Å². The molecule has 8 nitrogen and oxygen atoms in total. The number of nitrogens with zero attached hydrogens (tertiary/aromatic N) is 4. The number of hydrogen-bond acceptors (Lipinski definition) is 7. The Kier molecular flexibility index (Phi) is 7.61. The molecule has 0 radical (unpaired) electrons. The third-order valence-electron chi connectivity index (χ3n) is 6.36. The number of nitriles is 1. The predicted molar refractivity (Wildman–Crippen MR) is 132 cm³/mol. The minimum absolute atomic E-state index is 0.0723. The molecule has 0 bridgehead atoms. The van der Waals surface area contributed by atoms with Gasteiger partial charge < -0.3 is 10.1 Å². The van der Waals surface area contributed by atoms with Gasteiger partial charge in [-0.25, -0.2) is 4.79 Å². The Labute approximate surface area is 208 Å². The number of thiophene rings is 1. The topological polar surface area (TPSA) is 110 Å². The van der Waals surface area contributed by atoms with E-state index in [2.05, 4.69) is 21.5 Å². The molecule has 1 aliphatic carbocycles. The highest BCUT2D eigenvalue weighted by atomic mass is 32.1. The number of aryl methyl sites for hydroxylation is 2. The average Bonchev–Trinajstić information content (AvgIpc) is 3.34. The number of pyridine rings is 1. The lowest BCUT2D eigenvalue weighted by molar-refractivity contribution is -0.118. The second kappa shape index (κ2) is 10.8. The molecule has 1 aliphatic rings. The van der Waals surface area contributed by atoms with Gasteiger partial charge in [0.1, 0.15) is 18.0 Å². The van der Waals surface area contributed by atoms with Crippen molar-refractivity contribution in [2.24, 2.45) is 7.05 Å². The highest BCUT2D eigenvalue weighted by Crippen LogP contribution is 2.36. The van der Waals surface area contributed by atoms with Crippen LogP contribution in [0.15, 0.2) is 30.7 Å². The Morgan fingerprint density at radius 3 is 2.94 bits per heavy atom. The fraction of sp³-hybridized carbons (Fsp3) is 0.423. The van der Waals surface area contributed by atoms with E-state index in [1.807, 2.05) is 39.2 Å². The normalized spacial score (nSPS) is 15.7.